The predicted octanol–water partition coefficient (Wildman–Crippen LogP) is 14.1. The van der Waals surface area contributed by atoms with E-state index >= 15 is 0 Å². The van der Waals surface area contributed by atoms with Crippen LogP contribution in [0.15, 0.2) is 212 Å². The summed E-state index contributed by atoms with van der Waals surface area (Å²) in [6.45, 7) is 6.58. The van der Waals surface area contributed by atoms with Gasteiger partial charge in [0.2, 0.25) is 0 Å². The van der Waals surface area contributed by atoms with E-state index in [2.05, 4.69) is 194 Å². The fourth-order valence-electron chi connectivity index (χ4n) is 7.56. The second-order valence-corrected chi connectivity index (χ2v) is 13.9. The number of pyridine rings is 1. The Hall–Kier alpha value is -7.16. The first-order chi connectivity index (χ1) is 27.1. The van der Waals surface area contributed by atoms with Gasteiger partial charge in [-0.25, -0.2) is 0 Å². The Morgan fingerprint density at radius 3 is 1.60 bits per heavy atom. The number of nitrogens with zero attached hydrogens (tertiary/aromatic N) is 2. The van der Waals surface area contributed by atoms with Crippen molar-refractivity contribution in [3.63, 3.8) is 0 Å². The van der Waals surface area contributed by atoms with Crippen molar-refractivity contribution >= 4 is 49.3 Å². The molecule has 0 amide bonds. The summed E-state index contributed by atoms with van der Waals surface area (Å²) in [6.07, 6.45) is 5.79. The first-order valence-electron chi connectivity index (χ1n) is 18.7. The van der Waals surface area contributed by atoms with E-state index in [1.165, 1.54) is 54.6 Å². The third-order valence-corrected chi connectivity index (χ3v) is 10.5. The lowest BCUT2D eigenvalue weighted by Crippen LogP contribution is -1.97. The fraction of sp³-hybridized carbons (Fsp3) is 0.0189. The number of hydrogen-bond acceptors (Lipinski definition) is 2. The number of hydrogen-bond donors (Lipinski definition) is 0. The average molecular weight is 703 g/mol. The SMILES string of the molecule is C=C(/C=C(\N=C(C)c1ccc(-c2ccc3c4ccccc4c4ccccc4c3c2)cc1)c1cccc(-c2cccnc2)c1)c1ccc(-c2ccccc2)cc1. The molecule has 9 rings (SSSR count). The molecule has 260 valence electrons. The topological polar surface area (TPSA) is 25.2 Å². The quantitative estimate of drug-likeness (QED) is 0.0879. The number of fused-ring (bicyclic) bond motifs is 6. The van der Waals surface area contributed by atoms with E-state index in [1.54, 1.807) is 6.20 Å². The highest BCUT2D eigenvalue weighted by atomic mass is 14.8. The molecule has 0 aliphatic rings. The monoisotopic (exact) mass is 702 g/mol. The molecule has 0 unspecified atom stereocenters. The van der Waals surface area contributed by atoms with Gasteiger partial charge in [-0.05, 0) is 108 Å². The zero-order valence-corrected chi connectivity index (χ0v) is 30.7. The van der Waals surface area contributed by atoms with E-state index in [-0.39, 0.29) is 0 Å². The molecule has 0 N–H and O–H groups in total. The molecule has 0 atom stereocenters. The van der Waals surface area contributed by atoms with Crippen LogP contribution in [0.4, 0.5) is 0 Å². The van der Waals surface area contributed by atoms with Crippen molar-refractivity contribution < 1.29 is 0 Å². The highest BCUT2D eigenvalue weighted by Gasteiger charge is 2.11. The summed E-state index contributed by atoms with van der Waals surface area (Å²) in [5.74, 6) is 0. The molecule has 8 aromatic carbocycles. The Morgan fingerprint density at radius 1 is 0.436 bits per heavy atom. The molecule has 0 radical (unpaired) electrons. The van der Waals surface area contributed by atoms with Crippen molar-refractivity contribution in [3.05, 3.63) is 224 Å². The summed E-state index contributed by atoms with van der Waals surface area (Å²) in [4.78, 5) is 9.64. The van der Waals surface area contributed by atoms with Gasteiger partial charge >= 0.3 is 0 Å². The zero-order chi connectivity index (χ0) is 37.1. The molecule has 0 saturated carbocycles. The Bertz CT molecular complexity index is 2870. The van der Waals surface area contributed by atoms with E-state index in [0.29, 0.717) is 0 Å². The normalized spacial score (nSPS) is 12.0. The van der Waals surface area contributed by atoms with Gasteiger partial charge in [-0.15, -0.1) is 0 Å². The molecule has 0 bridgehead atoms. The van der Waals surface area contributed by atoms with Gasteiger partial charge in [-0.3, -0.25) is 9.98 Å². The lowest BCUT2D eigenvalue weighted by Gasteiger charge is -2.12. The minimum atomic E-state index is 0.845. The van der Waals surface area contributed by atoms with Gasteiger partial charge in [0, 0.05) is 29.2 Å². The molecule has 0 fully saturated rings. The number of aliphatic imine (C=N–C) groups is 1. The molecule has 2 heteroatoms. The molecular formula is C53H38N2. The van der Waals surface area contributed by atoms with Gasteiger partial charge in [0.15, 0.2) is 0 Å². The largest absolute Gasteiger partial charge is 0.264 e. The van der Waals surface area contributed by atoms with Crippen LogP contribution in [0.3, 0.4) is 0 Å². The number of aromatic nitrogens is 1. The molecule has 9 aromatic rings. The third kappa shape index (κ3) is 6.78. The van der Waals surface area contributed by atoms with Crippen LogP contribution in [0.1, 0.15) is 23.6 Å². The molecule has 1 heterocycles. The van der Waals surface area contributed by atoms with Crippen molar-refractivity contribution in [3.8, 4) is 33.4 Å². The molecule has 0 spiro atoms. The zero-order valence-electron chi connectivity index (χ0n) is 30.7. The van der Waals surface area contributed by atoms with E-state index < -0.39 is 0 Å². The molecule has 2 nitrogen and oxygen atoms in total. The van der Waals surface area contributed by atoms with Crippen LogP contribution in [-0.4, -0.2) is 10.7 Å². The van der Waals surface area contributed by atoms with Crippen LogP contribution in [0.5, 0.6) is 0 Å². The summed E-state index contributed by atoms with van der Waals surface area (Å²) in [6, 6.07) is 64.6. The highest BCUT2D eigenvalue weighted by Crippen LogP contribution is 2.37. The van der Waals surface area contributed by atoms with Crippen molar-refractivity contribution in [1.82, 2.24) is 4.98 Å². The highest BCUT2D eigenvalue weighted by molar-refractivity contribution is 6.25. The van der Waals surface area contributed by atoms with Crippen molar-refractivity contribution in [2.24, 2.45) is 4.99 Å². The Morgan fingerprint density at radius 2 is 0.945 bits per heavy atom. The van der Waals surface area contributed by atoms with E-state index in [0.717, 1.165) is 44.8 Å². The van der Waals surface area contributed by atoms with E-state index in [9.17, 15) is 0 Å². The van der Waals surface area contributed by atoms with Gasteiger partial charge < -0.3 is 0 Å². The van der Waals surface area contributed by atoms with Gasteiger partial charge in [0.25, 0.3) is 0 Å². The van der Waals surface area contributed by atoms with Crippen LogP contribution < -0.4 is 0 Å². The van der Waals surface area contributed by atoms with Gasteiger partial charge in [-0.2, -0.15) is 0 Å². The summed E-state index contributed by atoms with van der Waals surface area (Å²) in [7, 11) is 0. The van der Waals surface area contributed by atoms with E-state index in [4.69, 9.17) is 4.99 Å². The smallest absolute Gasteiger partial charge is 0.0711 e. The fourth-order valence-corrected chi connectivity index (χ4v) is 7.56. The second kappa shape index (κ2) is 14.7. The molecule has 0 aliphatic heterocycles. The minimum absolute atomic E-state index is 0.845. The maximum Gasteiger partial charge on any atom is 0.0711 e. The van der Waals surface area contributed by atoms with Crippen LogP contribution in [-0.2, 0) is 0 Å². The predicted molar refractivity (Wildman–Crippen MR) is 235 cm³/mol. The van der Waals surface area contributed by atoms with Gasteiger partial charge in [-0.1, -0.05) is 170 Å². The summed E-state index contributed by atoms with van der Waals surface area (Å²) in [5.41, 5.74) is 12.7. The summed E-state index contributed by atoms with van der Waals surface area (Å²) < 4.78 is 0. The van der Waals surface area contributed by atoms with E-state index in [1.807, 2.05) is 18.3 Å². The number of benzene rings is 8. The molecular weight excluding hydrogens is 665 g/mol. The first-order valence-corrected chi connectivity index (χ1v) is 18.7. The van der Waals surface area contributed by atoms with Gasteiger partial charge in [0.1, 0.15) is 0 Å². The van der Waals surface area contributed by atoms with Crippen molar-refractivity contribution in [1.29, 1.82) is 0 Å². The maximum atomic E-state index is 5.29. The summed E-state index contributed by atoms with van der Waals surface area (Å²) >= 11 is 0. The minimum Gasteiger partial charge on any atom is -0.264 e. The molecule has 55 heavy (non-hydrogen) atoms. The van der Waals surface area contributed by atoms with Crippen LogP contribution in [0.2, 0.25) is 0 Å². The number of rotatable bonds is 8. The molecule has 0 aliphatic carbocycles. The van der Waals surface area contributed by atoms with Crippen molar-refractivity contribution in [2.45, 2.75) is 6.92 Å². The van der Waals surface area contributed by atoms with Crippen LogP contribution in [0.25, 0.3) is 77.0 Å². The Kier molecular flexibility index (Phi) is 8.99. The number of allylic oxidation sites excluding steroid dienone is 2. The van der Waals surface area contributed by atoms with Crippen molar-refractivity contribution in [2.75, 3.05) is 0 Å². The third-order valence-electron chi connectivity index (χ3n) is 10.5. The first kappa shape index (κ1) is 33.7. The van der Waals surface area contributed by atoms with Crippen LogP contribution in [0, 0.1) is 0 Å². The standard InChI is InChI=1S/C53H38N2/c1-36(38-21-25-41(26-22-38)40-12-4-3-5-13-40)32-53(45-15-10-14-43(33-45)46-16-11-31-54-35-46)55-37(2)39-23-27-42(28-24-39)44-29-30-51-49-19-7-6-17-47(49)48-18-8-9-20-50(48)52(51)34-44/h3-35H,1H2,2H3/b53-32-,55-37?. The molecule has 0 saturated heterocycles. The van der Waals surface area contributed by atoms with Crippen LogP contribution >= 0.6 is 0 Å². The molecule has 1 aromatic heterocycles. The average Bonchev–Trinajstić information content (AvgIpc) is 3.27. The Balaban J connectivity index is 1.07. The lowest BCUT2D eigenvalue weighted by atomic mass is 9.92. The van der Waals surface area contributed by atoms with Gasteiger partial charge in [0.05, 0.1) is 5.70 Å². The summed E-state index contributed by atoms with van der Waals surface area (Å²) in [5, 5.41) is 7.68. The Labute approximate surface area is 322 Å². The second-order valence-electron chi connectivity index (χ2n) is 13.9. The lowest BCUT2D eigenvalue weighted by molar-refractivity contribution is 1.33. The maximum absolute atomic E-state index is 5.29.